The highest BCUT2D eigenvalue weighted by molar-refractivity contribution is 5.83. The summed E-state index contributed by atoms with van der Waals surface area (Å²) in [5.74, 6) is 1.05. The first-order valence-corrected chi connectivity index (χ1v) is 4.48. The van der Waals surface area contributed by atoms with Crippen LogP contribution in [0.2, 0.25) is 0 Å². The molecule has 0 aromatic carbocycles. The Bertz CT molecular complexity index is 138. The molecule has 11 heavy (non-hydrogen) atoms. The van der Waals surface area contributed by atoms with Crippen LogP contribution in [-0.4, -0.2) is 11.8 Å². The number of hydrogen-bond donors (Lipinski definition) is 1. The van der Waals surface area contributed by atoms with E-state index in [1.54, 1.807) is 6.92 Å². The summed E-state index contributed by atoms with van der Waals surface area (Å²) in [5, 5.41) is 0. The summed E-state index contributed by atoms with van der Waals surface area (Å²) in [6.45, 7) is 1.77. The van der Waals surface area contributed by atoms with Gasteiger partial charge in [0.15, 0.2) is 0 Å². The molecule has 2 nitrogen and oxygen atoms in total. The maximum Gasteiger partial charge on any atom is 0.149 e. The fraction of sp³-hybridized carbons (Fsp3) is 0.889. The van der Waals surface area contributed by atoms with Gasteiger partial charge < -0.3 is 5.73 Å². The summed E-state index contributed by atoms with van der Waals surface area (Å²) in [6, 6.07) is -0.255. The lowest BCUT2D eigenvalue weighted by atomic mass is 9.81. The average Bonchev–Trinajstić information content (AvgIpc) is 1.83. The van der Waals surface area contributed by atoms with Crippen LogP contribution in [-0.2, 0) is 4.79 Å². The maximum absolute atomic E-state index is 11.1. The van der Waals surface area contributed by atoms with Gasteiger partial charge in [-0.3, -0.25) is 4.79 Å². The van der Waals surface area contributed by atoms with Crippen molar-refractivity contribution in [3.05, 3.63) is 0 Å². The molecule has 2 heteroatoms. The number of Topliss-reactive ketones (excluding diaryl/α,β-unsaturated/α-hetero) is 1. The van der Waals surface area contributed by atoms with E-state index in [1.807, 2.05) is 0 Å². The van der Waals surface area contributed by atoms with E-state index in [2.05, 4.69) is 0 Å². The van der Waals surface area contributed by atoms with Crippen LogP contribution in [0.4, 0.5) is 0 Å². The Balaban J connectivity index is 2.06. The Morgan fingerprint density at radius 1 is 1.64 bits per heavy atom. The molecule has 64 valence electrons. The second-order valence-electron chi connectivity index (χ2n) is 3.59. The smallest absolute Gasteiger partial charge is 0.149 e. The fourth-order valence-electron chi connectivity index (χ4n) is 1.36. The van der Waals surface area contributed by atoms with Gasteiger partial charge in [0, 0.05) is 6.42 Å². The Hall–Kier alpha value is -0.370. The molecule has 0 aromatic heterocycles. The van der Waals surface area contributed by atoms with E-state index in [1.165, 1.54) is 19.3 Å². The maximum atomic E-state index is 11.1. The number of rotatable bonds is 4. The standard InChI is InChI=1S/C9H17NO/c1-7(10)9(11)6-5-8-3-2-4-8/h7-8H,2-6,10H2,1H3/t7-/m0/s1. The molecule has 1 rings (SSSR count). The van der Waals surface area contributed by atoms with E-state index in [0.717, 1.165) is 12.3 Å². The molecule has 0 unspecified atom stereocenters. The van der Waals surface area contributed by atoms with E-state index in [4.69, 9.17) is 5.73 Å². The molecule has 0 heterocycles. The van der Waals surface area contributed by atoms with Gasteiger partial charge in [0.05, 0.1) is 6.04 Å². The lowest BCUT2D eigenvalue weighted by molar-refractivity contribution is -0.120. The molecule has 1 aliphatic rings. The summed E-state index contributed by atoms with van der Waals surface area (Å²) in [5.41, 5.74) is 5.43. The highest BCUT2D eigenvalue weighted by atomic mass is 16.1. The van der Waals surface area contributed by atoms with Gasteiger partial charge >= 0.3 is 0 Å². The van der Waals surface area contributed by atoms with E-state index in [0.29, 0.717) is 6.42 Å². The Morgan fingerprint density at radius 3 is 2.64 bits per heavy atom. The molecule has 0 aromatic rings. The van der Waals surface area contributed by atoms with Crippen LogP contribution in [0.3, 0.4) is 0 Å². The molecule has 0 spiro atoms. The minimum Gasteiger partial charge on any atom is -0.322 e. The number of carbonyl (C=O) groups excluding carboxylic acids is 1. The molecule has 2 N–H and O–H groups in total. The summed E-state index contributed by atoms with van der Waals surface area (Å²) in [4.78, 5) is 11.1. The molecule has 0 radical (unpaired) electrons. The van der Waals surface area contributed by atoms with Crippen molar-refractivity contribution in [3.8, 4) is 0 Å². The van der Waals surface area contributed by atoms with Crippen molar-refractivity contribution in [2.75, 3.05) is 0 Å². The van der Waals surface area contributed by atoms with E-state index >= 15 is 0 Å². The number of ketones is 1. The Labute approximate surface area is 68.2 Å². The fourth-order valence-corrected chi connectivity index (χ4v) is 1.36. The van der Waals surface area contributed by atoms with Crippen LogP contribution >= 0.6 is 0 Å². The minimum absolute atomic E-state index is 0.219. The zero-order chi connectivity index (χ0) is 8.27. The molecular formula is C9H17NO. The summed E-state index contributed by atoms with van der Waals surface area (Å²) >= 11 is 0. The highest BCUT2D eigenvalue weighted by Crippen LogP contribution is 2.30. The van der Waals surface area contributed by atoms with Gasteiger partial charge in [-0.1, -0.05) is 19.3 Å². The highest BCUT2D eigenvalue weighted by Gasteiger charge is 2.18. The van der Waals surface area contributed by atoms with Gasteiger partial charge in [0.25, 0.3) is 0 Å². The lowest BCUT2D eigenvalue weighted by Crippen LogP contribution is -2.27. The van der Waals surface area contributed by atoms with Gasteiger partial charge in [-0.15, -0.1) is 0 Å². The lowest BCUT2D eigenvalue weighted by Gasteiger charge is -2.24. The summed E-state index contributed by atoms with van der Waals surface area (Å²) in [6.07, 6.45) is 5.78. The minimum atomic E-state index is -0.255. The molecule has 0 bridgehead atoms. The van der Waals surface area contributed by atoms with Crippen LogP contribution in [0.5, 0.6) is 0 Å². The van der Waals surface area contributed by atoms with Crippen LogP contribution in [0.25, 0.3) is 0 Å². The van der Waals surface area contributed by atoms with Crippen LogP contribution in [0.1, 0.15) is 39.0 Å². The predicted octanol–water partition coefficient (Wildman–Crippen LogP) is 1.48. The van der Waals surface area contributed by atoms with Gasteiger partial charge in [0.1, 0.15) is 5.78 Å². The molecule has 0 aliphatic heterocycles. The topological polar surface area (TPSA) is 43.1 Å². The number of carbonyl (C=O) groups is 1. The van der Waals surface area contributed by atoms with Gasteiger partial charge in [-0.05, 0) is 19.3 Å². The Morgan fingerprint density at radius 2 is 2.27 bits per heavy atom. The van der Waals surface area contributed by atoms with Gasteiger partial charge in [-0.2, -0.15) is 0 Å². The van der Waals surface area contributed by atoms with Crippen molar-refractivity contribution in [3.63, 3.8) is 0 Å². The monoisotopic (exact) mass is 155 g/mol. The predicted molar refractivity (Wildman–Crippen MR) is 45.2 cm³/mol. The first-order valence-electron chi connectivity index (χ1n) is 4.48. The van der Waals surface area contributed by atoms with Crippen molar-refractivity contribution >= 4 is 5.78 Å². The molecule has 1 saturated carbocycles. The molecule has 0 saturated heterocycles. The van der Waals surface area contributed by atoms with E-state index < -0.39 is 0 Å². The SMILES string of the molecule is C[C@H](N)C(=O)CCC1CCC1. The Kier molecular flexibility index (Phi) is 3.06. The van der Waals surface area contributed by atoms with E-state index in [9.17, 15) is 4.79 Å². The first kappa shape index (κ1) is 8.72. The quantitative estimate of drug-likeness (QED) is 0.668. The third kappa shape index (κ3) is 2.62. The van der Waals surface area contributed by atoms with Gasteiger partial charge in [0.2, 0.25) is 0 Å². The zero-order valence-electron chi connectivity index (χ0n) is 7.18. The third-order valence-corrected chi connectivity index (χ3v) is 2.53. The number of nitrogens with two attached hydrogens (primary N) is 1. The second kappa shape index (κ2) is 3.86. The van der Waals surface area contributed by atoms with Gasteiger partial charge in [-0.25, -0.2) is 0 Å². The van der Waals surface area contributed by atoms with Crippen molar-refractivity contribution in [2.45, 2.75) is 45.1 Å². The summed E-state index contributed by atoms with van der Waals surface area (Å²) in [7, 11) is 0. The third-order valence-electron chi connectivity index (χ3n) is 2.53. The van der Waals surface area contributed by atoms with Crippen LogP contribution in [0, 0.1) is 5.92 Å². The van der Waals surface area contributed by atoms with Crippen molar-refractivity contribution in [1.82, 2.24) is 0 Å². The molecule has 1 fully saturated rings. The average molecular weight is 155 g/mol. The van der Waals surface area contributed by atoms with Crippen molar-refractivity contribution < 1.29 is 4.79 Å². The molecule has 1 aliphatic carbocycles. The molecular weight excluding hydrogens is 138 g/mol. The normalized spacial score (nSPS) is 20.9. The van der Waals surface area contributed by atoms with Crippen molar-refractivity contribution in [2.24, 2.45) is 11.7 Å². The largest absolute Gasteiger partial charge is 0.322 e. The van der Waals surface area contributed by atoms with Crippen LogP contribution < -0.4 is 5.73 Å². The second-order valence-corrected chi connectivity index (χ2v) is 3.59. The van der Waals surface area contributed by atoms with Crippen LogP contribution in [0.15, 0.2) is 0 Å². The molecule has 1 atom stereocenters. The van der Waals surface area contributed by atoms with Crippen molar-refractivity contribution in [1.29, 1.82) is 0 Å². The molecule has 0 amide bonds. The first-order chi connectivity index (χ1) is 5.20. The summed E-state index contributed by atoms with van der Waals surface area (Å²) < 4.78 is 0. The van der Waals surface area contributed by atoms with E-state index in [-0.39, 0.29) is 11.8 Å². The zero-order valence-corrected chi connectivity index (χ0v) is 7.18. The number of hydrogen-bond acceptors (Lipinski definition) is 2.